The molecule has 2 heterocycles. The fraction of sp³-hybridized carbons (Fsp3) is 0.500. The minimum absolute atomic E-state index is 0.0438. The molecule has 0 radical (unpaired) electrons. The lowest BCUT2D eigenvalue weighted by Crippen LogP contribution is -2.54. The van der Waals surface area contributed by atoms with Gasteiger partial charge < -0.3 is 19.3 Å². The number of hydrogen-bond acceptors (Lipinski definition) is 4. The summed E-state index contributed by atoms with van der Waals surface area (Å²) in [6.07, 6.45) is 3.44. The predicted octanol–water partition coefficient (Wildman–Crippen LogP) is 2.15. The second-order valence-corrected chi connectivity index (χ2v) is 6.18. The summed E-state index contributed by atoms with van der Waals surface area (Å²) >= 11 is 0. The van der Waals surface area contributed by atoms with Gasteiger partial charge in [-0.25, -0.2) is 0 Å². The number of carbonyl (C=O) groups excluding carboxylic acids is 1. The number of benzene rings is 1. The summed E-state index contributed by atoms with van der Waals surface area (Å²) in [4.78, 5) is 17.1. The number of rotatable bonds is 4. The summed E-state index contributed by atoms with van der Waals surface area (Å²) in [6.45, 7) is 7.28. The highest BCUT2D eigenvalue weighted by molar-refractivity contribution is 5.95. The molecule has 0 N–H and O–H groups in total. The van der Waals surface area contributed by atoms with Gasteiger partial charge in [0.15, 0.2) is 0 Å². The SMILES string of the molecule is C=CCOc1ccc(C(=O)N2CCOC23CCN(C)CC3)cc1. The van der Waals surface area contributed by atoms with E-state index in [1.807, 2.05) is 29.2 Å². The molecule has 0 atom stereocenters. The minimum atomic E-state index is -0.415. The summed E-state index contributed by atoms with van der Waals surface area (Å²) < 4.78 is 11.5. The van der Waals surface area contributed by atoms with E-state index in [1.165, 1.54) is 0 Å². The zero-order valence-corrected chi connectivity index (χ0v) is 13.7. The van der Waals surface area contributed by atoms with Crippen molar-refractivity contribution in [2.75, 3.05) is 39.9 Å². The Balaban J connectivity index is 1.72. The van der Waals surface area contributed by atoms with E-state index in [9.17, 15) is 4.79 Å². The molecule has 5 nitrogen and oxygen atoms in total. The van der Waals surface area contributed by atoms with Crippen LogP contribution in [0.3, 0.4) is 0 Å². The van der Waals surface area contributed by atoms with Crippen LogP contribution < -0.4 is 4.74 Å². The van der Waals surface area contributed by atoms with Crippen LogP contribution in [-0.2, 0) is 4.74 Å². The number of ether oxygens (including phenoxy) is 2. The van der Waals surface area contributed by atoms with E-state index in [1.54, 1.807) is 6.08 Å². The first kappa shape index (κ1) is 16.0. The molecule has 1 spiro atoms. The average molecular weight is 316 g/mol. The third-order valence-corrected chi connectivity index (χ3v) is 4.66. The first-order chi connectivity index (χ1) is 11.1. The van der Waals surface area contributed by atoms with Crippen molar-refractivity contribution in [3.63, 3.8) is 0 Å². The van der Waals surface area contributed by atoms with Gasteiger partial charge in [0, 0.05) is 38.0 Å². The highest BCUT2D eigenvalue weighted by Gasteiger charge is 2.46. The van der Waals surface area contributed by atoms with Crippen LogP contribution in [0, 0.1) is 0 Å². The van der Waals surface area contributed by atoms with Gasteiger partial charge in [0.25, 0.3) is 5.91 Å². The molecular weight excluding hydrogens is 292 g/mol. The quantitative estimate of drug-likeness (QED) is 0.798. The Hall–Kier alpha value is -1.85. The molecule has 0 aromatic heterocycles. The maximum Gasteiger partial charge on any atom is 0.256 e. The topological polar surface area (TPSA) is 42.0 Å². The normalized spacial score (nSPS) is 20.7. The molecule has 124 valence electrons. The van der Waals surface area contributed by atoms with E-state index in [-0.39, 0.29) is 5.91 Å². The molecule has 3 rings (SSSR count). The monoisotopic (exact) mass is 316 g/mol. The second-order valence-electron chi connectivity index (χ2n) is 6.18. The van der Waals surface area contributed by atoms with Crippen LogP contribution in [0.1, 0.15) is 23.2 Å². The molecule has 1 aromatic carbocycles. The standard InChI is InChI=1S/C18H24N2O3/c1-3-13-22-16-6-4-15(5-7-16)17(21)20-12-14-23-18(20)8-10-19(2)11-9-18/h3-7H,1,8-14H2,2H3. The smallest absolute Gasteiger partial charge is 0.256 e. The van der Waals surface area contributed by atoms with Gasteiger partial charge in [-0.05, 0) is 31.3 Å². The third-order valence-electron chi connectivity index (χ3n) is 4.66. The number of carbonyl (C=O) groups is 1. The molecule has 2 aliphatic rings. The molecule has 23 heavy (non-hydrogen) atoms. The van der Waals surface area contributed by atoms with Gasteiger partial charge >= 0.3 is 0 Å². The minimum Gasteiger partial charge on any atom is -0.490 e. The van der Waals surface area contributed by atoms with Crippen molar-refractivity contribution < 1.29 is 14.3 Å². The summed E-state index contributed by atoms with van der Waals surface area (Å²) in [5.74, 6) is 0.787. The van der Waals surface area contributed by atoms with Crippen LogP contribution in [0.25, 0.3) is 0 Å². The van der Waals surface area contributed by atoms with Crippen molar-refractivity contribution in [3.05, 3.63) is 42.5 Å². The Morgan fingerprint density at radius 2 is 2.00 bits per heavy atom. The van der Waals surface area contributed by atoms with Gasteiger partial charge in [-0.3, -0.25) is 4.79 Å². The van der Waals surface area contributed by atoms with Gasteiger partial charge in [-0.15, -0.1) is 0 Å². The van der Waals surface area contributed by atoms with Crippen molar-refractivity contribution in [2.24, 2.45) is 0 Å². The maximum atomic E-state index is 12.9. The molecule has 2 fully saturated rings. The molecular formula is C18H24N2O3. The first-order valence-corrected chi connectivity index (χ1v) is 8.13. The molecule has 2 saturated heterocycles. The lowest BCUT2D eigenvalue weighted by molar-refractivity contribution is -0.102. The van der Waals surface area contributed by atoms with Crippen molar-refractivity contribution in [1.29, 1.82) is 0 Å². The van der Waals surface area contributed by atoms with E-state index < -0.39 is 5.72 Å². The zero-order chi connectivity index (χ0) is 16.3. The van der Waals surface area contributed by atoms with Crippen molar-refractivity contribution in [1.82, 2.24) is 9.80 Å². The highest BCUT2D eigenvalue weighted by Crippen LogP contribution is 2.35. The Bertz CT molecular complexity index is 562. The summed E-state index contributed by atoms with van der Waals surface area (Å²) in [6, 6.07) is 7.30. The number of likely N-dealkylation sites (tertiary alicyclic amines) is 1. The number of hydrogen-bond donors (Lipinski definition) is 0. The number of piperidine rings is 1. The second kappa shape index (κ2) is 6.72. The van der Waals surface area contributed by atoms with Crippen molar-refractivity contribution in [3.8, 4) is 5.75 Å². The molecule has 1 amide bonds. The zero-order valence-electron chi connectivity index (χ0n) is 13.7. The van der Waals surface area contributed by atoms with Crippen LogP contribution in [0.2, 0.25) is 0 Å². The summed E-state index contributed by atoms with van der Waals surface area (Å²) in [5.41, 5.74) is 0.265. The fourth-order valence-electron chi connectivity index (χ4n) is 3.28. The van der Waals surface area contributed by atoms with E-state index in [0.29, 0.717) is 25.3 Å². The molecule has 1 aromatic rings. The molecule has 5 heteroatoms. The van der Waals surface area contributed by atoms with Crippen LogP contribution >= 0.6 is 0 Å². The van der Waals surface area contributed by atoms with Gasteiger partial charge in [-0.1, -0.05) is 12.7 Å². The summed E-state index contributed by atoms with van der Waals surface area (Å²) in [5, 5.41) is 0. The first-order valence-electron chi connectivity index (χ1n) is 8.13. The van der Waals surface area contributed by atoms with Crippen molar-refractivity contribution in [2.45, 2.75) is 18.6 Å². The Morgan fingerprint density at radius 1 is 1.30 bits per heavy atom. The van der Waals surface area contributed by atoms with Crippen LogP contribution in [0.4, 0.5) is 0 Å². The molecule has 0 aliphatic carbocycles. The van der Waals surface area contributed by atoms with E-state index in [2.05, 4.69) is 18.5 Å². The van der Waals surface area contributed by atoms with Gasteiger partial charge in [0.1, 0.15) is 18.1 Å². The highest BCUT2D eigenvalue weighted by atomic mass is 16.5. The Morgan fingerprint density at radius 3 is 2.65 bits per heavy atom. The molecule has 0 unspecified atom stereocenters. The largest absolute Gasteiger partial charge is 0.490 e. The fourth-order valence-corrected chi connectivity index (χ4v) is 3.28. The van der Waals surface area contributed by atoms with E-state index in [0.717, 1.165) is 31.7 Å². The maximum absolute atomic E-state index is 12.9. The number of nitrogens with zero attached hydrogens (tertiary/aromatic N) is 2. The average Bonchev–Trinajstić information content (AvgIpc) is 2.99. The van der Waals surface area contributed by atoms with Crippen LogP contribution in [0.15, 0.2) is 36.9 Å². The van der Waals surface area contributed by atoms with E-state index >= 15 is 0 Å². The van der Waals surface area contributed by atoms with Crippen LogP contribution in [0.5, 0.6) is 5.75 Å². The van der Waals surface area contributed by atoms with Crippen LogP contribution in [-0.4, -0.2) is 61.3 Å². The van der Waals surface area contributed by atoms with Crippen molar-refractivity contribution >= 4 is 5.91 Å². The molecule has 0 saturated carbocycles. The molecule has 0 bridgehead atoms. The predicted molar refractivity (Wildman–Crippen MR) is 88.6 cm³/mol. The summed E-state index contributed by atoms with van der Waals surface area (Å²) in [7, 11) is 2.11. The number of amides is 1. The lowest BCUT2D eigenvalue weighted by atomic mass is 9.98. The van der Waals surface area contributed by atoms with Gasteiger partial charge in [0.05, 0.1) is 6.61 Å². The Labute approximate surface area is 137 Å². The van der Waals surface area contributed by atoms with Gasteiger partial charge in [-0.2, -0.15) is 0 Å². The van der Waals surface area contributed by atoms with Gasteiger partial charge in [0.2, 0.25) is 0 Å². The molecule has 2 aliphatic heterocycles. The van der Waals surface area contributed by atoms with E-state index in [4.69, 9.17) is 9.47 Å². The Kier molecular flexibility index (Phi) is 4.68. The lowest BCUT2D eigenvalue weighted by Gasteiger charge is -2.42. The third kappa shape index (κ3) is 3.26.